The van der Waals surface area contributed by atoms with Gasteiger partial charge in [-0.1, -0.05) is 12.1 Å². The van der Waals surface area contributed by atoms with Crippen molar-refractivity contribution in [2.45, 2.75) is 37.8 Å². The first-order chi connectivity index (χ1) is 20.2. The number of hydrogen-bond acceptors (Lipinski definition) is 10. The summed E-state index contributed by atoms with van der Waals surface area (Å²) < 4.78 is 23.7. The minimum Gasteiger partial charge on any atom is -0.502 e. The number of aromatic hydroxyl groups is 1. The van der Waals surface area contributed by atoms with E-state index in [1.807, 2.05) is 10.6 Å². The molecule has 3 aromatic rings. The van der Waals surface area contributed by atoms with Crippen molar-refractivity contribution in [2.24, 2.45) is 11.7 Å². The molecule has 0 radical (unpaired) electrons. The Labute approximate surface area is 241 Å². The molecule has 2 bridgehead atoms. The number of fused-ring (bicyclic) bond motifs is 4. The maximum atomic E-state index is 13.0. The second kappa shape index (κ2) is 12.1. The first kappa shape index (κ1) is 28.9. The van der Waals surface area contributed by atoms with Crippen molar-refractivity contribution in [3.05, 3.63) is 85.8 Å². The van der Waals surface area contributed by atoms with Gasteiger partial charge < -0.3 is 34.0 Å². The van der Waals surface area contributed by atoms with Crippen LogP contribution in [0.3, 0.4) is 0 Å². The zero-order valence-electron chi connectivity index (χ0n) is 23.4. The fraction of sp³-hybridized carbons (Fsp3) is 0.400. The molecule has 2 aliphatic heterocycles. The highest BCUT2D eigenvalue weighted by molar-refractivity contribution is 5.75. The van der Waals surface area contributed by atoms with E-state index in [1.165, 1.54) is 26.4 Å². The molecule has 3 N–H and O–H groups in total. The summed E-state index contributed by atoms with van der Waals surface area (Å²) in [7, 11) is 2.67. The van der Waals surface area contributed by atoms with Crippen molar-refractivity contribution in [1.29, 1.82) is 0 Å². The van der Waals surface area contributed by atoms with Gasteiger partial charge in [-0.05, 0) is 36.1 Å². The van der Waals surface area contributed by atoms with Crippen LogP contribution in [0.15, 0.2) is 56.5 Å². The minimum atomic E-state index is -0.925. The molecule has 0 spiro atoms. The van der Waals surface area contributed by atoms with Crippen molar-refractivity contribution in [2.75, 3.05) is 33.9 Å². The number of nitrogens with two attached hydrogens (primary N) is 1. The fourth-order valence-corrected chi connectivity index (χ4v) is 6.00. The van der Waals surface area contributed by atoms with Crippen LogP contribution in [0.5, 0.6) is 17.2 Å². The number of rotatable bonds is 10. The Morgan fingerprint density at radius 2 is 1.90 bits per heavy atom. The maximum Gasteiger partial charge on any atom is 0.306 e. The summed E-state index contributed by atoms with van der Waals surface area (Å²) in [6.45, 7) is 1.90. The van der Waals surface area contributed by atoms with Gasteiger partial charge in [0.15, 0.2) is 23.9 Å². The van der Waals surface area contributed by atoms with Gasteiger partial charge in [0.2, 0.25) is 11.2 Å². The molecule has 42 heavy (non-hydrogen) atoms. The van der Waals surface area contributed by atoms with Gasteiger partial charge >= 0.3 is 5.97 Å². The lowest BCUT2D eigenvalue weighted by atomic mass is 9.83. The molecule has 1 saturated heterocycles. The molecule has 0 aliphatic carbocycles. The van der Waals surface area contributed by atoms with Gasteiger partial charge in [-0.15, -0.1) is 0 Å². The van der Waals surface area contributed by atoms with E-state index in [1.54, 1.807) is 24.3 Å². The third-order valence-corrected chi connectivity index (χ3v) is 7.81. The molecule has 222 valence electrons. The lowest BCUT2D eigenvalue weighted by Gasteiger charge is -2.42. The molecule has 3 unspecified atom stereocenters. The van der Waals surface area contributed by atoms with Gasteiger partial charge in [-0.2, -0.15) is 0 Å². The topological polar surface area (TPSA) is 164 Å². The lowest BCUT2D eigenvalue weighted by molar-refractivity contribution is -0.141. The van der Waals surface area contributed by atoms with E-state index < -0.39 is 35.6 Å². The maximum absolute atomic E-state index is 13.0. The van der Waals surface area contributed by atoms with Gasteiger partial charge in [0.05, 0.1) is 33.1 Å². The highest BCUT2D eigenvalue weighted by atomic mass is 16.5. The molecule has 1 amide bonds. The standard InChI is InChI=1S/C30H33N3O9/c1-39-24-7-6-18(9-25(24)41-16-26(31)35)21(11-28(37)40-2)30-29(38)23(34)10-20(42-30)15-32-12-17-8-19(14-32)22-4-3-5-27(36)33(22)13-17/h3-7,9-10,17,19,21,38H,8,11-16H2,1-2H3,(H2,31,35). The number of pyridine rings is 1. The molecule has 2 aromatic heterocycles. The molecule has 1 fully saturated rings. The zero-order valence-corrected chi connectivity index (χ0v) is 23.4. The third kappa shape index (κ3) is 6.03. The van der Waals surface area contributed by atoms with Crippen LogP contribution >= 0.6 is 0 Å². The van der Waals surface area contributed by atoms with E-state index in [-0.39, 0.29) is 35.3 Å². The number of likely N-dealkylation sites (tertiary alicyclic amines) is 1. The highest BCUT2D eigenvalue weighted by Gasteiger charge is 2.35. The average Bonchev–Trinajstić information content (AvgIpc) is 2.97. The van der Waals surface area contributed by atoms with E-state index in [2.05, 4.69) is 4.90 Å². The SMILES string of the molecule is COC(=O)CC(c1ccc(OC)c(OCC(N)=O)c1)c1oc(CN2CC3CC(C2)c2cccc(=O)n2C3)cc(=O)c1O. The number of primary amides is 1. The largest absolute Gasteiger partial charge is 0.502 e. The molecule has 0 saturated carbocycles. The summed E-state index contributed by atoms with van der Waals surface area (Å²) in [6, 6.07) is 11.3. The number of methoxy groups -OCH3 is 2. The molecule has 12 heteroatoms. The number of ether oxygens (including phenoxy) is 3. The number of benzene rings is 1. The molecule has 4 heterocycles. The zero-order chi connectivity index (χ0) is 30.0. The van der Waals surface area contributed by atoms with Gasteiger partial charge in [0, 0.05) is 43.4 Å². The van der Waals surface area contributed by atoms with Crippen molar-refractivity contribution < 1.29 is 33.3 Å². The monoisotopic (exact) mass is 579 g/mol. The van der Waals surface area contributed by atoms with E-state index in [9.17, 15) is 24.3 Å². The summed E-state index contributed by atoms with van der Waals surface area (Å²) in [4.78, 5) is 51.3. The summed E-state index contributed by atoms with van der Waals surface area (Å²) in [5.41, 5.74) is 6.04. The summed E-state index contributed by atoms with van der Waals surface area (Å²) in [6.07, 6.45) is 0.723. The average molecular weight is 580 g/mol. The fourth-order valence-electron chi connectivity index (χ4n) is 6.00. The van der Waals surface area contributed by atoms with Gasteiger partial charge in [-0.3, -0.25) is 24.1 Å². The molecule has 12 nitrogen and oxygen atoms in total. The number of esters is 1. The van der Waals surface area contributed by atoms with Crippen molar-refractivity contribution in [3.63, 3.8) is 0 Å². The summed E-state index contributed by atoms with van der Waals surface area (Å²) >= 11 is 0. The number of carbonyl (C=O) groups excluding carboxylic acids is 2. The van der Waals surface area contributed by atoms with Crippen LogP contribution in [-0.4, -0.2) is 60.4 Å². The Morgan fingerprint density at radius 3 is 2.64 bits per heavy atom. The predicted octanol–water partition coefficient (Wildman–Crippen LogP) is 1.69. The van der Waals surface area contributed by atoms with Crippen molar-refractivity contribution in [3.8, 4) is 17.2 Å². The van der Waals surface area contributed by atoms with Crippen LogP contribution in [0.25, 0.3) is 0 Å². The van der Waals surface area contributed by atoms with Gasteiger partial charge in [0.1, 0.15) is 5.76 Å². The van der Waals surface area contributed by atoms with Crippen LogP contribution in [0.4, 0.5) is 0 Å². The van der Waals surface area contributed by atoms with E-state index in [4.69, 9.17) is 24.4 Å². The quantitative estimate of drug-likeness (QED) is 0.338. The number of hydrogen-bond donors (Lipinski definition) is 2. The van der Waals surface area contributed by atoms with Crippen LogP contribution in [0.1, 0.15) is 47.5 Å². The molecular formula is C30H33N3O9. The number of piperidine rings is 1. The second-order valence-electron chi connectivity index (χ2n) is 10.7. The van der Waals surface area contributed by atoms with Crippen LogP contribution in [0.2, 0.25) is 0 Å². The molecule has 2 aliphatic rings. The van der Waals surface area contributed by atoms with Gasteiger partial charge in [0.25, 0.3) is 11.5 Å². The molecule has 1 aromatic carbocycles. The Hall–Kier alpha value is -4.58. The van der Waals surface area contributed by atoms with E-state index >= 15 is 0 Å². The predicted molar refractivity (Wildman–Crippen MR) is 150 cm³/mol. The summed E-state index contributed by atoms with van der Waals surface area (Å²) in [5.74, 6) is -1.67. The van der Waals surface area contributed by atoms with Crippen LogP contribution in [-0.2, 0) is 27.4 Å². The molecule has 5 rings (SSSR count). The Bertz CT molecular complexity index is 1610. The number of carbonyl (C=O) groups is 2. The molecule has 3 atom stereocenters. The number of amides is 1. The van der Waals surface area contributed by atoms with Crippen molar-refractivity contribution >= 4 is 11.9 Å². The minimum absolute atomic E-state index is 0.00295. The van der Waals surface area contributed by atoms with Crippen LogP contribution < -0.4 is 26.2 Å². The first-order valence-electron chi connectivity index (χ1n) is 13.6. The smallest absolute Gasteiger partial charge is 0.306 e. The Kier molecular flexibility index (Phi) is 8.34. The van der Waals surface area contributed by atoms with E-state index in [0.29, 0.717) is 43.3 Å². The van der Waals surface area contributed by atoms with Crippen LogP contribution in [0, 0.1) is 5.92 Å². The Balaban J connectivity index is 1.47. The number of nitrogens with zero attached hydrogens (tertiary/aromatic N) is 2. The lowest BCUT2D eigenvalue weighted by Crippen LogP contribution is -2.46. The normalized spacial score (nSPS) is 18.5. The number of aromatic nitrogens is 1. The summed E-state index contributed by atoms with van der Waals surface area (Å²) in [5, 5.41) is 10.8. The third-order valence-electron chi connectivity index (χ3n) is 7.81. The molecular weight excluding hydrogens is 546 g/mol. The van der Waals surface area contributed by atoms with E-state index in [0.717, 1.165) is 12.1 Å². The second-order valence-corrected chi connectivity index (χ2v) is 10.7. The van der Waals surface area contributed by atoms with Gasteiger partial charge in [-0.25, -0.2) is 0 Å². The van der Waals surface area contributed by atoms with Crippen molar-refractivity contribution in [1.82, 2.24) is 9.47 Å². The first-order valence-corrected chi connectivity index (χ1v) is 13.6. The highest BCUT2D eigenvalue weighted by Crippen LogP contribution is 2.39. The Morgan fingerprint density at radius 1 is 1.10 bits per heavy atom.